The van der Waals surface area contributed by atoms with Crippen LogP contribution < -0.4 is 15.8 Å². The van der Waals surface area contributed by atoms with Gasteiger partial charge in [-0.05, 0) is 31.9 Å². The van der Waals surface area contributed by atoms with Gasteiger partial charge < -0.3 is 15.8 Å². The molecule has 3 N–H and O–H groups in total. The van der Waals surface area contributed by atoms with Crippen molar-refractivity contribution in [2.45, 2.75) is 44.8 Å². The number of hydrogen-bond donors (Lipinski definition) is 2. The molecule has 0 aromatic heterocycles. The van der Waals surface area contributed by atoms with E-state index in [1.54, 1.807) is 13.0 Å². The lowest BCUT2D eigenvalue weighted by Gasteiger charge is -2.18. The standard InChI is InChI=1S/C15H19FN2O2S/c1-9(15(19)18-10-4-2-3-5-10)20-11-6-7-12(14(17)21)13(16)8-11/h6-10H,2-5H2,1H3,(H2,17,21)(H,18,19). The minimum absolute atomic E-state index is 0.00826. The monoisotopic (exact) mass is 310 g/mol. The highest BCUT2D eigenvalue weighted by atomic mass is 32.1. The van der Waals surface area contributed by atoms with Crippen LogP contribution >= 0.6 is 12.2 Å². The molecule has 21 heavy (non-hydrogen) atoms. The fourth-order valence-electron chi connectivity index (χ4n) is 2.42. The number of nitrogens with two attached hydrogens (primary N) is 1. The molecule has 6 heteroatoms. The Morgan fingerprint density at radius 1 is 1.48 bits per heavy atom. The van der Waals surface area contributed by atoms with Crippen LogP contribution in [0.2, 0.25) is 0 Å². The third-order valence-corrected chi connectivity index (χ3v) is 3.81. The van der Waals surface area contributed by atoms with Crippen molar-refractivity contribution in [1.29, 1.82) is 0 Å². The van der Waals surface area contributed by atoms with Crippen molar-refractivity contribution in [3.8, 4) is 5.75 Å². The lowest BCUT2D eigenvalue weighted by molar-refractivity contribution is -0.127. The average molecular weight is 310 g/mol. The molecule has 1 amide bonds. The molecule has 1 aliphatic rings. The highest BCUT2D eigenvalue weighted by Crippen LogP contribution is 2.20. The number of rotatable bonds is 5. The van der Waals surface area contributed by atoms with Crippen molar-refractivity contribution >= 4 is 23.1 Å². The molecule has 1 aliphatic carbocycles. The lowest BCUT2D eigenvalue weighted by atomic mass is 10.2. The normalized spacial score (nSPS) is 16.5. The highest BCUT2D eigenvalue weighted by Gasteiger charge is 2.21. The van der Waals surface area contributed by atoms with Crippen LogP contribution in [0.5, 0.6) is 5.75 Å². The summed E-state index contributed by atoms with van der Waals surface area (Å²) in [7, 11) is 0. The molecule has 1 aromatic rings. The molecule has 4 nitrogen and oxygen atoms in total. The van der Waals surface area contributed by atoms with Gasteiger partial charge in [-0.25, -0.2) is 4.39 Å². The van der Waals surface area contributed by atoms with Gasteiger partial charge in [0.05, 0.1) is 0 Å². The summed E-state index contributed by atoms with van der Waals surface area (Å²) in [4.78, 5) is 12.0. The van der Waals surface area contributed by atoms with Crippen LogP contribution in [0.4, 0.5) is 4.39 Å². The van der Waals surface area contributed by atoms with Crippen LogP contribution in [-0.2, 0) is 4.79 Å². The molecule has 114 valence electrons. The predicted molar refractivity (Wildman–Crippen MR) is 82.8 cm³/mol. The molecule has 2 rings (SSSR count). The molecule has 0 saturated heterocycles. The van der Waals surface area contributed by atoms with Gasteiger partial charge in [-0.15, -0.1) is 0 Å². The molecule has 0 bridgehead atoms. The molecule has 1 fully saturated rings. The van der Waals surface area contributed by atoms with Gasteiger partial charge >= 0.3 is 0 Å². The summed E-state index contributed by atoms with van der Waals surface area (Å²) >= 11 is 4.74. The van der Waals surface area contributed by atoms with Crippen molar-refractivity contribution in [2.24, 2.45) is 5.73 Å². The summed E-state index contributed by atoms with van der Waals surface area (Å²) in [5, 5.41) is 2.94. The van der Waals surface area contributed by atoms with Crippen molar-refractivity contribution in [2.75, 3.05) is 0 Å². The van der Waals surface area contributed by atoms with E-state index in [9.17, 15) is 9.18 Å². The summed E-state index contributed by atoms with van der Waals surface area (Å²) < 4.78 is 19.2. The first kappa shape index (κ1) is 15.7. The van der Waals surface area contributed by atoms with Gasteiger partial charge in [-0.1, -0.05) is 25.1 Å². The second-order valence-corrected chi connectivity index (χ2v) is 5.70. The Balaban J connectivity index is 1.95. The highest BCUT2D eigenvalue weighted by molar-refractivity contribution is 7.80. The number of nitrogens with one attached hydrogen (secondary N) is 1. The van der Waals surface area contributed by atoms with E-state index in [0.717, 1.165) is 25.7 Å². The lowest BCUT2D eigenvalue weighted by Crippen LogP contribution is -2.41. The van der Waals surface area contributed by atoms with Crippen LogP contribution in [0, 0.1) is 5.82 Å². The first-order valence-electron chi connectivity index (χ1n) is 7.03. The zero-order chi connectivity index (χ0) is 15.4. The number of benzene rings is 1. The number of amides is 1. The minimum Gasteiger partial charge on any atom is -0.481 e. The van der Waals surface area contributed by atoms with Crippen molar-refractivity contribution < 1.29 is 13.9 Å². The van der Waals surface area contributed by atoms with E-state index in [4.69, 9.17) is 22.7 Å². The number of hydrogen-bond acceptors (Lipinski definition) is 3. The Labute approximate surface area is 128 Å². The summed E-state index contributed by atoms with van der Waals surface area (Å²) in [6.07, 6.45) is 3.63. The fraction of sp³-hybridized carbons (Fsp3) is 0.467. The topological polar surface area (TPSA) is 64.3 Å². The van der Waals surface area contributed by atoms with Crippen molar-refractivity contribution in [3.63, 3.8) is 0 Å². The van der Waals surface area contributed by atoms with Crippen LogP contribution in [0.25, 0.3) is 0 Å². The molecule has 1 aromatic carbocycles. The van der Waals surface area contributed by atoms with E-state index in [0.29, 0.717) is 0 Å². The molecule has 0 radical (unpaired) electrons. The number of carbonyl (C=O) groups excluding carboxylic acids is 1. The Morgan fingerprint density at radius 2 is 2.14 bits per heavy atom. The first-order valence-corrected chi connectivity index (χ1v) is 7.44. The van der Waals surface area contributed by atoms with Crippen molar-refractivity contribution in [3.05, 3.63) is 29.6 Å². The van der Waals surface area contributed by atoms with E-state index in [1.165, 1.54) is 12.1 Å². The molecule has 0 heterocycles. The number of halogens is 1. The largest absolute Gasteiger partial charge is 0.481 e. The molecule has 0 aliphatic heterocycles. The van der Waals surface area contributed by atoms with E-state index >= 15 is 0 Å². The maximum Gasteiger partial charge on any atom is 0.260 e. The van der Waals surface area contributed by atoms with E-state index in [1.807, 2.05) is 0 Å². The van der Waals surface area contributed by atoms with E-state index in [-0.39, 0.29) is 28.3 Å². The molecule has 0 spiro atoms. The molecular weight excluding hydrogens is 291 g/mol. The van der Waals surface area contributed by atoms with E-state index < -0.39 is 11.9 Å². The summed E-state index contributed by atoms with van der Waals surface area (Å²) in [6.45, 7) is 1.64. The minimum atomic E-state index is -0.680. The third kappa shape index (κ3) is 4.14. The Bertz CT molecular complexity index is 544. The van der Waals surface area contributed by atoms with Crippen LogP contribution in [0.15, 0.2) is 18.2 Å². The number of carbonyl (C=O) groups is 1. The summed E-state index contributed by atoms with van der Waals surface area (Å²) in [6, 6.07) is 4.43. The molecule has 1 saturated carbocycles. The van der Waals surface area contributed by atoms with Gasteiger partial charge in [-0.2, -0.15) is 0 Å². The Hall–Kier alpha value is -1.69. The first-order chi connectivity index (χ1) is 9.97. The zero-order valence-electron chi connectivity index (χ0n) is 11.9. The predicted octanol–water partition coefficient (Wildman–Crippen LogP) is 2.29. The van der Waals surface area contributed by atoms with E-state index in [2.05, 4.69) is 5.32 Å². The van der Waals surface area contributed by atoms with Gasteiger partial charge in [0, 0.05) is 17.7 Å². The van der Waals surface area contributed by atoms with Crippen LogP contribution in [0.1, 0.15) is 38.2 Å². The Kier molecular flexibility index (Phi) is 5.12. The Morgan fingerprint density at radius 3 is 2.71 bits per heavy atom. The summed E-state index contributed by atoms with van der Waals surface area (Å²) in [5.74, 6) is -0.453. The number of ether oxygens (including phenoxy) is 1. The van der Waals surface area contributed by atoms with Crippen LogP contribution in [-0.4, -0.2) is 23.0 Å². The summed E-state index contributed by atoms with van der Waals surface area (Å²) in [5.41, 5.74) is 5.56. The van der Waals surface area contributed by atoms with Crippen LogP contribution in [0.3, 0.4) is 0 Å². The van der Waals surface area contributed by atoms with Gasteiger partial charge in [-0.3, -0.25) is 4.79 Å². The SMILES string of the molecule is CC(Oc1ccc(C(N)=S)c(F)c1)C(=O)NC1CCCC1. The van der Waals surface area contributed by atoms with Gasteiger partial charge in [0.25, 0.3) is 5.91 Å². The smallest absolute Gasteiger partial charge is 0.260 e. The zero-order valence-corrected chi connectivity index (χ0v) is 12.7. The van der Waals surface area contributed by atoms with Gasteiger partial charge in [0.2, 0.25) is 0 Å². The van der Waals surface area contributed by atoms with Gasteiger partial charge in [0.1, 0.15) is 16.6 Å². The average Bonchev–Trinajstić information content (AvgIpc) is 2.91. The quantitative estimate of drug-likeness (QED) is 0.819. The maximum atomic E-state index is 13.7. The molecule has 1 unspecified atom stereocenters. The maximum absolute atomic E-state index is 13.7. The van der Waals surface area contributed by atoms with Gasteiger partial charge in [0.15, 0.2) is 6.10 Å². The van der Waals surface area contributed by atoms with Crippen molar-refractivity contribution in [1.82, 2.24) is 5.32 Å². The number of thiocarbonyl (C=S) groups is 1. The molecular formula is C15H19FN2O2S. The third-order valence-electron chi connectivity index (χ3n) is 3.59. The fourth-order valence-corrected chi connectivity index (χ4v) is 2.58. The second-order valence-electron chi connectivity index (χ2n) is 5.26. The molecule has 1 atom stereocenters. The second kappa shape index (κ2) is 6.85.